The summed E-state index contributed by atoms with van der Waals surface area (Å²) in [6.07, 6.45) is 5.56. The van der Waals surface area contributed by atoms with Gasteiger partial charge >= 0.3 is 6.09 Å². The highest BCUT2D eigenvalue weighted by atomic mass is 16.6. The summed E-state index contributed by atoms with van der Waals surface area (Å²) in [4.78, 5) is 26.4. The fourth-order valence-electron chi connectivity index (χ4n) is 3.63. The molecule has 0 bridgehead atoms. The van der Waals surface area contributed by atoms with Gasteiger partial charge in [-0.25, -0.2) is 4.79 Å². The number of nitrogens with zero attached hydrogens (tertiary/aromatic N) is 3. The normalized spacial score (nSPS) is 15.1. The molecule has 0 atom stereocenters. The lowest BCUT2D eigenvalue weighted by atomic mass is 9.93. The second kappa shape index (κ2) is 9.78. The Labute approximate surface area is 178 Å². The van der Waals surface area contributed by atoms with Crippen LogP contribution in [0.1, 0.15) is 51.2 Å². The van der Waals surface area contributed by atoms with Crippen LogP contribution in [0.2, 0.25) is 0 Å². The Kier molecular flexibility index (Phi) is 7.13. The fraction of sp³-hybridized carbons (Fsp3) is 0.522. The quantitative estimate of drug-likeness (QED) is 0.787. The molecule has 1 aliphatic rings. The van der Waals surface area contributed by atoms with E-state index >= 15 is 0 Å². The van der Waals surface area contributed by atoms with Crippen LogP contribution >= 0.6 is 0 Å². The molecule has 162 valence electrons. The summed E-state index contributed by atoms with van der Waals surface area (Å²) in [6, 6.07) is 10.00. The van der Waals surface area contributed by atoms with E-state index in [0.29, 0.717) is 38.5 Å². The standard InChI is InChI=1S/C23H32N4O3/c1-23(2,3)30-22(29)26-13-9-18(10-14-26)15-21(28)24-16-19-7-4-5-8-20(19)17-27-12-6-11-25-27/h4-8,11-12,18H,9-10,13-17H2,1-3H3,(H,24,28). The molecular weight excluding hydrogens is 380 g/mol. The predicted molar refractivity (Wildman–Crippen MR) is 115 cm³/mol. The van der Waals surface area contributed by atoms with E-state index in [0.717, 1.165) is 24.0 Å². The Bertz CT molecular complexity index is 834. The van der Waals surface area contributed by atoms with Crippen molar-refractivity contribution in [2.75, 3.05) is 13.1 Å². The first-order chi connectivity index (χ1) is 14.3. The van der Waals surface area contributed by atoms with Gasteiger partial charge in [0.2, 0.25) is 5.91 Å². The molecule has 1 N–H and O–H groups in total. The van der Waals surface area contributed by atoms with Crippen LogP contribution < -0.4 is 5.32 Å². The highest BCUT2D eigenvalue weighted by Gasteiger charge is 2.27. The van der Waals surface area contributed by atoms with Gasteiger partial charge in [-0.2, -0.15) is 5.10 Å². The molecule has 2 amide bonds. The molecule has 0 unspecified atom stereocenters. The maximum absolute atomic E-state index is 12.5. The first-order valence-corrected chi connectivity index (χ1v) is 10.6. The summed E-state index contributed by atoms with van der Waals surface area (Å²) in [5.41, 5.74) is 1.76. The van der Waals surface area contributed by atoms with Gasteiger partial charge in [-0.05, 0) is 56.7 Å². The van der Waals surface area contributed by atoms with E-state index in [2.05, 4.69) is 16.5 Å². The van der Waals surface area contributed by atoms with Gasteiger partial charge in [0.05, 0.1) is 6.54 Å². The highest BCUT2D eigenvalue weighted by molar-refractivity contribution is 5.76. The Morgan fingerprint density at radius 1 is 1.13 bits per heavy atom. The number of aromatic nitrogens is 2. The molecule has 0 saturated carbocycles. The van der Waals surface area contributed by atoms with Crippen LogP contribution in [0.15, 0.2) is 42.7 Å². The number of benzene rings is 1. The number of carbonyl (C=O) groups is 2. The van der Waals surface area contributed by atoms with Crippen LogP contribution in [0.5, 0.6) is 0 Å². The van der Waals surface area contributed by atoms with Crippen LogP contribution in [-0.2, 0) is 22.6 Å². The van der Waals surface area contributed by atoms with Gasteiger partial charge < -0.3 is 15.0 Å². The van der Waals surface area contributed by atoms with Crippen molar-refractivity contribution in [3.05, 3.63) is 53.9 Å². The summed E-state index contributed by atoms with van der Waals surface area (Å²) in [6.45, 7) is 8.08. The third kappa shape index (κ3) is 6.61. The molecule has 1 aliphatic heterocycles. The van der Waals surface area contributed by atoms with E-state index < -0.39 is 5.60 Å². The minimum atomic E-state index is -0.485. The second-order valence-corrected chi connectivity index (χ2v) is 8.86. The zero-order chi connectivity index (χ0) is 21.6. The van der Waals surface area contributed by atoms with Crippen molar-refractivity contribution in [3.63, 3.8) is 0 Å². The molecule has 3 rings (SSSR count). The van der Waals surface area contributed by atoms with Gasteiger partial charge in [0.1, 0.15) is 5.60 Å². The number of nitrogens with one attached hydrogen (secondary N) is 1. The van der Waals surface area contributed by atoms with Crippen molar-refractivity contribution in [1.82, 2.24) is 20.0 Å². The van der Waals surface area contributed by atoms with E-state index in [-0.39, 0.29) is 12.0 Å². The van der Waals surface area contributed by atoms with Gasteiger partial charge in [-0.1, -0.05) is 24.3 Å². The Morgan fingerprint density at radius 3 is 2.47 bits per heavy atom. The third-order valence-electron chi connectivity index (χ3n) is 5.23. The Hall–Kier alpha value is -2.83. The molecule has 7 heteroatoms. The molecule has 2 heterocycles. The number of likely N-dealkylation sites (tertiary alicyclic amines) is 1. The lowest BCUT2D eigenvalue weighted by molar-refractivity contribution is -0.122. The number of amides is 2. The lowest BCUT2D eigenvalue weighted by Gasteiger charge is -2.33. The van der Waals surface area contributed by atoms with Gasteiger partial charge in [0.25, 0.3) is 0 Å². The van der Waals surface area contributed by atoms with Gasteiger partial charge in [-0.3, -0.25) is 9.48 Å². The van der Waals surface area contributed by atoms with E-state index in [9.17, 15) is 9.59 Å². The molecule has 1 aromatic heterocycles. The number of carbonyl (C=O) groups excluding carboxylic acids is 2. The van der Waals surface area contributed by atoms with Crippen LogP contribution in [0.4, 0.5) is 4.79 Å². The maximum atomic E-state index is 12.5. The van der Waals surface area contributed by atoms with Crippen LogP contribution in [-0.4, -0.2) is 45.4 Å². The van der Waals surface area contributed by atoms with Crippen molar-refractivity contribution in [2.45, 2.75) is 58.7 Å². The van der Waals surface area contributed by atoms with Crippen molar-refractivity contribution < 1.29 is 14.3 Å². The molecule has 2 aromatic rings. The largest absolute Gasteiger partial charge is 0.444 e. The zero-order valence-electron chi connectivity index (χ0n) is 18.1. The number of rotatable bonds is 6. The molecule has 0 spiro atoms. The summed E-state index contributed by atoms with van der Waals surface area (Å²) < 4.78 is 7.31. The van der Waals surface area contributed by atoms with Crippen LogP contribution in [0.25, 0.3) is 0 Å². The maximum Gasteiger partial charge on any atom is 0.410 e. The molecule has 1 aromatic carbocycles. The van der Waals surface area contributed by atoms with Gasteiger partial charge in [0, 0.05) is 38.4 Å². The second-order valence-electron chi connectivity index (χ2n) is 8.86. The number of piperidine rings is 1. The average molecular weight is 413 g/mol. The average Bonchev–Trinajstić information content (AvgIpc) is 3.20. The van der Waals surface area contributed by atoms with Crippen molar-refractivity contribution in [2.24, 2.45) is 5.92 Å². The van der Waals surface area contributed by atoms with Crippen molar-refractivity contribution in [3.8, 4) is 0 Å². The monoisotopic (exact) mass is 412 g/mol. The molecule has 0 radical (unpaired) electrons. The van der Waals surface area contributed by atoms with Crippen LogP contribution in [0.3, 0.4) is 0 Å². The summed E-state index contributed by atoms with van der Waals surface area (Å²) in [5, 5.41) is 7.31. The highest BCUT2D eigenvalue weighted by Crippen LogP contribution is 2.22. The topological polar surface area (TPSA) is 76.5 Å². The van der Waals surface area contributed by atoms with E-state index in [1.165, 1.54) is 0 Å². The van der Waals surface area contributed by atoms with E-state index in [4.69, 9.17) is 4.74 Å². The molecule has 1 saturated heterocycles. The SMILES string of the molecule is CC(C)(C)OC(=O)N1CCC(CC(=O)NCc2ccccc2Cn2cccn2)CC1. The number of ether oxygens (including phenoxy) is 1. The Balaban J connectivity index is 1.43. The minimum Gasteiger partial charge on any atom is -0.444 e. The van der Waals surface area contributed by atoms with Crippen molar-refractivity contribution >= 4 is 12.0 Å². The predicted octanol–water partition coefficient (Wildman–Crippen LogP) is 3.58. The zero-order valence-corrected chi connectivity index (χ0v) is 18.1. The lowest BCUT2D eigenvalue weighted by Crippen LogP contribution is -2.42. The molecule has 0 aliphatic carbocycles. The summed E-state index contributed by atoms with van der Waals surface area (Å²) >= 11 is 0. The molecule has 7 nitrogen and oxygen atoms in total. The molecule has 30 heavy (non-hydrogen) atoms. The smallest absolute Gasteiger partial charge is 0.410 e. The van der Waals surface area contributed by atoms with E-state index in [1.54, 1.807) is 11.1 Å². The van der Waals surface area contributed by atoms with E-state index in [1.807, 2.05) is 55.9 Å². The summed E-state index contributed by atoms with van der Waals surface area (Å²) in [5.74, 6) is 0.350. The van der Waals surface area contributed by atoms with Crippen molar-refractivity contribution in [1.29, 1.82) is 0 Å². The van der Waals surface area contributed by atoms with Gasteiger partial charge in [-0.15, -0.1) is 0 Å². The number of hydrogen-bond acceptors (Lipinski definition) is 4. The third-order valence-corrected chi connectivity index (χ3v) is 5.23. The fourth-order valence-corrected chi connectivity index (χ4v) is 3.63. The van der Waals surface area contributed by atoms with Gasteiger partial charge in [0.15, 0.2) is 0 Å². The Morgan fingerprint density at radius 2 is 1.83 bits per heavy atom. The first-order valence-electron chi connectivity index (χ1n) is 10.6. The number of hydrogen-bond donors (Lipinski definition) is 1. The summed E-state index contributed by atoms with van der Waals surface area (Å²) in [7, 11) is 0. The molecule has 1 fully saturated rings. The minimum absolute atomic E-state index is 0.0552. The molecular formula is C23H32N4O3. The van der Waals surface area contributed by atoms with Crippen LogP contribution in [0, 0.1) is 5.92 Å². The first kappa shape index (κ1) is 21.9.